The van der Waals surface area contributed by atoms with Crippen molar-refractivity contribution in [3.05, 3.63) is 23.7 Å². The van der Waals surface area contributed by atoms with Gasteiger partial charge in [0.15, 0.2) is 5.65 Å². The molecule has 6 heteroatoms. The van der Waals surface area contributed by atoms with Crippen LogP contribution in [0.2, 0.25) is 0 Å². The molecule has 1 atom stereocenters. The number of alkyl halides is 1. The average Bonchev–Trinajstić information content (AvgIpc) is 2.78. The number of hydrogen-bond acceptors (Lipinski definition) is 4. The monoisotopic (exact) mass is 283 g/mol. The minimum atomic E-state index is -0.0494. The maximum Gasteiger partial charge on any atom is 0.160 e. The van der Waals surface area contributed by atoms with Crippen molar-refractivity contribution in [1.29, 1.82) is 0 Å². The minimum Gasteiger partial charge on any atom is -0.382 e. The second-order valence-corrected chi connectivity index (χ2v) is 4.65. The molecule has 0 N–H and O–H groups in total. The number of aromatic nitrogens is 3. The quantitative estimate of drug-likeness (QED) is 0.762. The van der Waals surface area contributed by atoms with Crippen LogP contribution in [-0.2, 0) is 21.9 Å². The largest absolute Gasteiger partial charge is 0.382 e. The molecule has 0 aliphatic heterocycles. The average molecular weight is 284 g/mol. The molecule has 104 valence electrons. The fraction of sp³-hybridized carbons (Fsp3) is 0.538. The number of imidazole rings is 1. The van der Waals surface area contributed by atoms with E-state index in [1.165, 1.54) is 0 Å². The van der Waals surface area contributed by atoms with E-state index >= 15 is 0 Å². The van der Waals surface area contributed by atoms with Crippen molar-refractivity contribution < 1.29 is 9.47 Å². The first-order chi connectivity index (χ1) is 9.21. The van der Waals surface area contributed by atoms with E-state index in [2.05, 4.69) is 9.97 Å². The minimum absolute atomic E-state index is 0.0494. The summed E-state index contributed by atoms with van der Waals surface area (Å²) in [5, 5.41) is 0. The SMILES string of the molecule is COCC(Cn1c(CCl)nc2c(C)ccnc21)OC. The molecule has 19 heavy (non-hydrogen) atoms. The molecule has 0 fully saturated rings. The number of fused-ring (bicyclic) bond motifs is 1. The lowest BCUT2D eigenvalue weighted by molar-refractivity contribution is 0.0185. The van der Waals surface area contributed by atoms with Crippen LogP contribution in [0.25, 0.3) is 11.2 Å². The number of halogens is 1. The van der Waals surface area contributed by atoms with Crippen LogP contribution >= 0.6 is 11.6 Å². The van der Waals surface area contributed by atoms with Gasteiger partial charge in [0.25, 0.3) is 0 Å². The summed E-state index contributed by atoms with van der Waals surface area (Å²) < 4.78 is 12.5. The van der Waals surface area contributed by atoms with Gasteiger partial charge in [0.1, 0.15) is 11.3 Å². The summed E-state index contributed by atoms with van der Waals surface area (Å²) in [5.41, 5.74) is 2.83. The third kappa shape index (κ3) is 2.88. The van der Waals surface area contributed by atoms with Crippen molar-refractivity contribution >= 4 is 22.8 Å². The van der Waals surface area contributed by atoms with E-state index in [1.54, 1.807) is 20.4 Å². The van der Waals surface area contributed by atoms with Crippen molar-refractivity contribution in [2.45, 2.75) is 25.5 Å². The highest BCUT2D eigenvalue weighted by Crippen LogP contribution is 2.19. The Morgan fingerprint density at radius 1 is 1.42 bits per heavy atom. The molecule has 0 radical (unpaired) electrons. The molecule has 0 aromatic carbocycles. The van der Waals surface area contributed by atoms with Gasteiger partial charge in [-0.3, -0.25) is 0 Å². The molecule has 2 aromatic rings. The van der Waals surface area contributed by atoms with Gasteiger partial charge in [-0.25, -0.2) is 9.97 Å². The van der Waals surface area contributed by atoms with Crippen LogP contribution in [0.4, 0.5) is 0 Å². The van der Waals surface area contributed by atoms with Crippen LogP contribution in [0.3, 0.4) is 0 Å². The van der Waals surface area contributed by atoms with Crippen LogP contribution in [0.5, 0.6) is 0 Å². The summed E-state index contributed by atoms with van der Waals surface area (Å²) in [6.07, 6.45) is 1.73. The lowest BCUT2D eigenvalue weighted by Crippen LogP contribution is -2.24. The highest BCUT2D eigenvalue weighted by atomic mass is 35.5. The third-order valence-electron chi connectivity index (χ3n) is 3.11. The Morgan fingerprint density at radius 3 is 2.84 bits per heavy atom. The zero-order valence-corrected chi connectivity index (χ0v) is 12.1. The summed E-state index contributed by atoms with van der Waals surface area (Å²) >= 11 is 5.98. The number of aryl methyl sites for hydroxylation is 1. The Balaban J connectivity index is 2.42. The first kappa shape index (κ1) is 14.2. The Morgan fingerprint density at radius 2 is 2.21 bits per heavy atom. The van der Waals surface area contributed by atoms with Crippen LogP contribution < -0.4 is 0 Å². The van der Waals surface area contributed by atoms with Gasteiger partial charge >= 0.3 is 0 Å². The number of hydrogen-bond donors (Lipinski definition) is 0. The lowest BCUT2D eigenvalue weighted by atomic mass is 10.3. The van der Waals surface area contributed by atoms with E-state index in [0.717, 1.165) is 22.6 Å². The molecule has 2 aromatic heterocycles. The lowest BCUT2D eigenvalue weighted by Gasteiger charge is -2.16. The molecule has 0 saturated carbocycles. The van der Waals surface area contributed by atoms with Gasteiger partial charge in [-0.1, -0.05) is 0 Å². The molecular formula is C13H18ClN3O2. The molecule has 1 unspecified atom stereocenters. The predicted molar refractivity (Wildman–Crippen MR) is 74.5 cm³/mol. The molecule has 0 saturated heterocycles. The van der Waals surface area contributed by atoms with E-state index < -0.39 is 0 Å². The van der Waals surface area contributed by atoms with E-state index in [0.29, 0.717) is 19.0 Å². The molecule has 0 amide bonds. The normalized spacial score (nSPS) is 13.1. The second-order valence-electron chi connectivity index (χ2n) is 4.39. The van der Waals surface area contributed by atoms with E-state index in [4.69, 9.17) is 21.1 Å². The number of ether oxygens (including phenoxy) is 2. The molecule has 2 rings (SSSR count). The maximum atomic E-state index is 5.98. The van der Waals surface area contributed by atoms with Gasteiger partial charge in [0.05, 0.1) is 25.1 Å². The molecule has 0 aliphatic rings. The summed E-state index contributed by atoms with van der Waals surface area (Å²) in [5.74, 6) is 1.15. The molecule has 0 spiro atoms. The van der Waals surface area contributed by atoms with Crippen LogP contribution in [0, 0.1) is 6.92 Å². The molecule has 5 nitrogen and oxygen atoms in total. The van der Waals surface area contributed by atoms with E-state index in [1.807, 2.05) is 17.6 Å². The Labute approximate surface area is 117 Å². The highest BCUT2D eigenvalue weighted by molar-refractivity contribution is 6.16. The molecule has 0 aliphatic carbocycles. The van der Waals surface area contributed by atoms with Crippen molar-refractivity contribution in [2.24, 2.45) is 0 Å². The fourth-order valence-electron chi connectivity index (χ4n) is 2.06. The first-order valence-corrected chi connectivity index (χ1v) is 6.63. The fourth-order valence-corrected chi connectivity index (χ4v) is 2.27. The van der Waals surface area contributed by atoms with Gasteiger partial charge in [-0.05, 0) is 18.6 Å². The Bertz CT molecular complexity index is 556. The number of rotatable bonds is 6. The molecule has 2 heterocycles. The van der Waals surface area contributed by atoms with Crippen LogP contribution in [0.15, 0.2) is 12.3 Å². The van der Waals surface area contributed by atoms with Crippen molar-refractivity contribution in [3.63, 3.8) is 0 Å². The standard InChI is InChI=1S/C13H18ClN3O2/c1-9-4-5-15-13-12(9)16-11(6-14)17(13)7-10(19-3)8-18-2/h4-5,10H,6-8H2,1-3H3. The predicted octanol–water partition coefficient (Wildman–Crippen LogP) is 2.14. The van der Waals surface area contributed by atoms with Crippen LogP contribution in [-0.4, -0.2) is 41.5 Å². The first-order valence-electron chi connectivity index (χ1n) is 6.09. The van der Waals surface area contributed by atoms with Gasteiger partial charge in [0, 0.05) is 20.4 Å². The van der Waals surface area contributed by atoms with E-state index in [9.17, 15) is 0 Å². The zero-order valence-electron chi connectivity index (χ0n) is 11.4. The highest BCUT2D eigenvalue weighted by Gasteiger charge is 2.16. The Hall–Kier alpha value is -1.17. The van der Waals surface area contributed by atoms with E-state index in [-0.39, 0.29) is 6.10 Å². The topological polar surface area (TPSA) is 49.2 Å². The van der Waals surface area contributed by atoms with Crippen molar-refractivity contribution in [3.8, 4) is 0 Å². The summed E-state index contributed by atoms with van der Waals surface area (Å²) in [6, 6.07) is 1.95. The number of methoxy groups -OCH3 is 2. The summed E-state index contributed by atoms with van der Waals surface area (Å²) in [4.78, 5) is 8.95. The Kier molecular flexibility index (Phi) is 4.74. The third-order valence-corrected chi connectivity index (χ3v) is 3.35. The number of pyridine rings is 1. The van der Waals surface area contributed by atoms with Crippen molar-refractivity contribution in [1.82, 2.24) is 14.5 Å². The maximum absolute atomic E-state index is 5.98. The van der Waals surface area contributed by atoms with Crippen molar-refractivity contribution in [2.75, 3.05) is 20.8 Å². The van der Waals surface area contributed by atoms with Gasteiger partial charge in [0.2, 0.25) is 0 Å². The molecule has 0 bridgehead atoms. The second kappa shape index (κ2) is 6.32. The van der Waals surface area contributed by atoms with Crippen LogP contribution in [0.1, 0.15) is 11.4 Å². The van der Waals surface area contributed by atoms with Gasteiger partial charge in [-0.2, -0.15) is 0 Å². The number of nitrogens with zero attached hydrogens (tertiary/aromatic N) is 3. The smallest absolute Gasteiger partial charge is 0.160 e. The van der Waals surface area contributed by atoms with Gasteiger partial charge in [-0.15, -0.1) is 11.6 Å². The summed E-state index contributed by atoms with van der Waals surface area (Å²) in [7, 11) is 3.32. The zero-order chi connectivity index (χ0) is 13.8. The summed E-state index contributed by atoms with van der Waals surface area (Å²) in [6.45, 7) is 3.16. The molecular weight excluding hydrogens is 266 g/mol. The van der Waals surface area contributed by atoms with Gasteiger partial charge < -0.3 is 14.0 Å².